The molecule has 5 nitrogen and oxygen atoms in total. The Morgan fingerprint density at radius 3 is 2.95 bits per heavy atom. The molecule has 0 spiro atoms. The van der Waals surface area contributed by atoms with E-state index in [0.717, 1.165) is 6.42 Å². The summed E-state index contributed by atoms with van der Waals surface area (Å²) in [6.07, 6.45) is -0.640. The normalized spacial score (nSPS) is 33.1. The second-order valence-electron chi connectivity index (χ2n) is 4.82. The quantitative estimate of drug-likeness (QED) is 0.824. The smallest absolute Gasteiger partial charge is 0.338 e. The summed E-state index contributed by atoms with van der Waals surface area (Å²) in [5.74, 6) is -0.264. The third-order valence-electron chi connectivity index (χ3n) is 3.64. The first-order valence-corrected chi connectivity index (χ1v) is 6.43. The van der Waals surface area contributed by atoms with E-state index in [9.17, 15) is 9.90 Å². The highest BCUT2D eigenvalue weighted by Gasteiger charge is 2.47. The van der Waals surface area contributed by atoms with Crippen LogP contribution in [0, 0.1) is 5.92 Å². The van der Waals surface area contributed by atoms with Crippen molar-refractivity contribution in [2.45, 2.75) is 24.9 Å². The number of aliphatic hydroxyl groups is 1. The van der Waals surface area contributed by atoms with Crippen molar-refractivity contribution >= 4 is 5.97 Å². The van der Waals surface area contributed by atoms with Gasteiger partial charge in [-0.15, -0.1) is 0 Å². The van der Waals surface area contributed by atoms with E-state index >= 15 is 0 Å². The first-order chi connectivity index (χ1) is 9.25. The largest absolute Gasteiger partial charge is 0.459 e. The molecule has 1 unspecified atom stereocenters. The number of aliphatic hydroxyl groups excluding tert-OH is 1. The summed E-state index contributed by atoms with van der Waals surface area (Å²) >= 11 is 0. The Hall–Kier alpha value is -1.43. The highest BCUT2D eigenvalue weighted by molar-refractivity contribution is 5.89. The van der Waals surface area contributed by atoms with Crippen molar-refractivity contribution in [2.75, 3.05) is 13.2 Å². The van der Waals surface area contributed by atoms with Crippen molar-refractivity contribution in [1.82, 2.24) is 0 Å². The Kier molecular flexibility index (Phi) is 3.50. The Labute approximate surface area is 111 Å². The SMILES string of the molecule is O=C(OC[C@H]1OC(O)[C@H]2OCC[C@@H]21)c1ccccc1. The van der Waals surface area contributed by atoms with Gasteiger partial charge in [0.15, 0.2) is 6.29 Å². The number of hydrogen-bond acceptors (Lipinski definition) is 5. The number of fused-ring (bicyclic) bond motifs is 1. The summed E-state index contributed by atoms with van der Waals surface area (Å²) in [4.78, 5) is 11.8. The van der Waals surface area contributed by atoms with E-state index in [0.29, 0.717) is 12.2 Å². The van der Waals surface area contributed by atoms with Crippen LogP contribution in [-0.2, 0) is 14.2 Å². The van der Waals surface area contributed by atoms with Gasteiger partial charge in [0.05, 0.1) is 5.56 Å². The fraction of sp³-hybridized carbons (Fsp3) is 0.500. The van der Waals surface area contributed by atoms with Gasteiger partial charge in [0.1, 0.15) is 18.8 Å². The Bertz CT molecular complexity index is 446. The molecule has 1 aromatic rings. The summed E-state index contributed by atoms with van der Waals surface area (Å²) in [5.41, 5.74) is 0.514. The summed E-state index contributed by atoms with van der Waals surface area (Å²) in [6, 6.07) is 8.82. The van der Waals surface area contributed by atoms with Crippen LogP contribution < -0.4 is 0 Å². The van der Waals surface area contributed by atoms with E-state index in [4.69, 9.17) is 14.2 Å². The second kappa shape index (κ2) is 5.28. The van der Waals surface area contributed by atoms with E-state index in [1.807, 2.05) is 6.07 Å². The number of ether oxygens (including phenoxy) is 3. The maximum atomic E-state index is 11.8. The predicted octanol–water partition coefficient (Wildman–Crippen LogP) is 0.966. The molecule has 0 amide bonds. The summed E-state index contributed by atoms with van der Waals surface area (Å²) in [6.45, 7) is 0.772. The zero-order valence-electron chi connectivity index (χ0n) is 10.4. The summed E-state index contributed by atoms with van der Waals surface area (Å²) < 4.78 is 16.0. The van der Waals surface area contributed by atoms with Gasteiger partial charge in [-0.3, -0.25) is 0 Å². The predicted molar refractivity (Wildman–Crippen MR) is 65.5 cm³/mol. The molecular weight excluding hydrogens is 248 g/mol. The van der Waals surface area contributed by atoms with Crippen molar-refractivity contribution in [3.8, 4) is 0 Å². The molecule has 0 saturated carbocycles. The highest BCUT2D eigenvalue weighted by Crippen LogP contribution is 2.35. The first kappa shape index (κ1) is 12.6. The molecule has 2 saturated heterocycles. The number of carbonyl (C=O) groups excluding carboxylic acids is 1. The molecule has 102 valence electrons. The molecule has 4 atom stereocenters. The second-order valence-corrected chi connectivity index (χ2v) is 4.82. The molecule has 0 aliphatic carbocycles. The van der Waals surface area contributed by atoms with Crippen molar-refractivity contribution in [1.29, 1.82) is 0 Å². The minimum absolute atomic E-state index is 0.110. The topological polar surface area (TPSA) is 65.0 Å². The van der Waals surface area contributed by atoms with Crippen LogP contribution in [0.15, 0.2) is 30.3 Å². The number of hydrogen-bond donors (Lipinski definition) is 1. The van der Waals surface area contributed by atoms with Crippen LogP contribution in [0.2, 0.25) is 0 Å². The van der Waals surface area contributed by atoms with Gasteiger partial charge in [-0.05, 0) is 18.6 Å². The molecule has 0 radical (unpaired) electrons. The van der Waals surface area contributed by atoms with Crippen LogP contribution in [0.4, 0.5) is 0 Å². The molecule has 0 bridgehead atoms. The van der Waals surface area contributed by atoms with E-state index < -0.39 is 6.29 Å². The molecule has 0 aromatic heterocycles. The summed E-state index contributed by atoms with van der Waals surface area (Å²) in [7, 11) is 0. The number of benzene rings is 1. The van der Waals surface area contributed by atoms with Crippen molar-refractivity contribution in [2.24, 2.45) is 5.92 Å². The van der Waals surface area contributed by atoms with Crippen molar-refractivity contribution < 1.29 is 24.1 Å². The van der Waals surface area contributed by atoms with Crippen LogP contribution in [-0.4, -0.2) is 42.8 Å². The van der Waals surface area contributed by atoms with Crippen LogP contribution in [0.3, 0.4) is 0 Å². The van der Waals surface area contributed by atoms with Gasteiger partial charge in [0, 0.05) is 12.5 Å². The standard InChI is InChI=1S/C14H16O5/c15-13(9-4-2-1-3-5-9)18-8-11-10-6-7-17-12(10)14(16)19-11/h1-5,10-12,14,16H,6-8H2/t10-,11-,12+,14?/m1/s1. The van der Waals surface area contributed by atoms with Gasteiger partial charge in [-0.2, -0.15) is 0 Å². The van der Waals surface area contributed by atoms with Gasteiger partial charge in [0.2, 0.25) is 0 Å². The van der Waals surface area contributed by atoms with Crippen LogP contribution in [0.25, 0.3) is 0 Å². The molecule has 2 heterocycles. The molecular formula is C14H16O5. The third kappa shape index (κ3) is 2.49. The van der Waals surface area contributed by atoms with E-state index in [1.165, 1.54) is 0 Å². The average molecular weight is 264 g/mol. The molecule has 2 aliphatic rings. The van der Waals surface area contributed by atoms with Crippen molar-refractivity contribution in [3.63, 3.8) is 0 Å². The van der Waals surface area contributed by atoms with E-state index in [2.05, 4.69) is 0 Å². The molecule has 19 heavy (non-hydrogen) atoms. The van der Waals surface area contributed by atoms with Crippen LogP contribution in [0.1, 0.15) is 16.8 Å². The molecule has 5 heteroatoms. The number of rotatable bonds is 3. The van der Waals surface area contributed by atoms with E-state index in [-0.39, 0.29) is 30.7 Å². The zero-order valence-corrected chi connectivity index (χ0v) is 10.4. The zero-order chi connectivity index (χ0) is 13.2. The van der Waals surface area contributed by atoms with Gasteiger partial charge >= 0.3 is 5.97 Å². The Balaban J connectivity index is 1.57. The fourth-order valence-corrected chi connectivity index (χ4v) is 2.66. The fourth-order valence-electron chi connectivity index (χ4n) is 2.66. The van der Waals surface area contributed by atoms with Gasteiger partial charge in [0.25, 0.3) is 0 Å². The Morgan fingerprint density at radius 2 is 2.16 bits per heavy atom. The maximum absolute atomic E-state index is 11.8. The number of esters is 1. The molecule has 1 aromatic carbocycles. The highest BCUT2D eigenvalue weighted by atomic mass is 16.7. The lowest BCUT2D eigenvalue weighted by atomic mass is 9.98. The minimum atomic E-state index is -0.909. The monoisotopic (exact) mass is 264 g/mol. The molecule has 3 rings (SSSR count). The Morgan fingerprint density at radius 1 is 1.37 bits per heavy atom. The average Bonchev–Trinajstić information content (AvgIpc) is 3.02. The lowest BCUT2D eigenvalue weighted by molar-refractivity contribution is -0.145. The lowest BCUT2D eigenvalue weighted by Gasteiger charge is -2.15. The third-order valence-corrected chi connectivity index (χ3v) is 3.64. The first-order valence-electron chi connectivity index (χ1n) is 6.43. The van der Waals surface area contributed by atoms with Gasteiger partial charge in [-0.25, -0.2) is 4.79 Å². The summed E-state index contributed by atoms with van der Waals surface area (Å²) in [5, 5.41) is 9.66. The van der Waals surface area contributed by atoms with Gasteiger partial charge < -0.3 is 19.3 Å². The number of carbonyl (C=O) groups is 1. The van der Waals surface area contributed by atoms with Gasteiger partial charge in [-0.1, -0.05) is 18.2 Å². The maximum Gasteiger partial charge on any atom is 0.338 e. The van der Waals surface area contributed by atoms with Crippen LogP contribution >= 0.6 is 0 Å². The molecule has 2 fully saturated rings. The van der Waals surface area contributed by atoms with E-state index in [1.54, 1.807) is 24.3 Å². The minimum Gasteiger partial charge on any atom is -0.459 e. The lowest BCUT2D eigenvalue weighted by Crippen LogP contribution is -2.26. The molecule has 1 N–H and O–H groups in total. The van der Waals surface area contributed by atoms with Crippen LogP contribution in [0.5, 0.6) is 0 Å². The molecule has 2 aliphatic heterocycles. The van der Waals surface area contributed by atoms with Crippen molar-refractivity contribution in [3.05, 3.63) is 35.9 Å².